The molecule has 0 amide bonds. The Hall–Kier alpha value is -2.90. The van der Waals surface area contributed by atoms with Gasteiger partial charge in [0.2, 0.25) is 5.88 Å². The van der Waals surface area contributed by atoms with Gasteiger partial charge in [-0.2, -0.15) is 0 Å². The molecule has 2 atom stereocenters. The number of nitrogens with zero attached hydrogens (tertiary/aromatic N) is 4. The number of amidine groups is 1. The third-order valence-electron chi connectivity index (χ3n) is 5.16. The maximum atomic E-state index is 6.05. The third kappa shape index (κ3) is 3.59. The molecule has 8 heteroatoms. The van der Waals surface area contributed by atoms with E-state index in [4.69, 9.17) is 26.2 Å². The molecule has 1 aliphatic rings. The topological polar surface area (TPSA) is 73.6 Å². The molecule has 0 bridgehead atoms. The van der Waals surface area contributed by atoms with Gasteiger partial charge in [-0.1, -0.05) is 23.7 Å². The smallest absolute Gasteiger partial charge is 0.238 e. The van der Waals surface area contributed by atoms with Crippen LogP contribution in [0.15, 0.2) is 53.9 Å². The first kappa shape index (κ1) is 19.4. The lowest BCUT2D eigenvalue weighted by atomic mass is 9.87. The zero-order valence-electron chi connectivity index (χ0n) is 16.7. The summed E-state index contributed by atoms with van der Waals surface area (Å²) in [5, 5.41) is 0.681. The molecule has 3 aromatic rings. The minimum Gasteiger partial charge on any atom is -0.479 e. The number of hydrogen-bond acceptors (Lipinski definition) is 6. The van der Waals surface area contributed by atoms with Gasteiger partial charge in [-0.15, -0.1) is 0 Å². The van der Waals surface area contributed by atoms with Gasteiger partial charge in [0.05, 0.1) is 19.1 Å². The second-order valence-corrected chi connectivity index (χ2v) is 7.56. The Morgan fingerprint density at radius 2 is 1.97 bits per heavy atom. The highest BCUT2D eigenvalue weighted by molar-refractivity contribution is 6.30. The van der Waals surface area contributed by atoms with Gasteiger partial charge in [0, 0.05) is 11.2 Å². The van der Waals surface area contributed by atoms with Gasteiger partial charge in [0.15, 0.2) is 5.84 Å². The molecular formula is C21H22ClN5O2. The fraction of sp³-hybridized carbons (Fsp3) is 0.286. The lowest BCUT2D eigenvalue weighted by molar-refractivity contribution is -0.0348. The molecule has 0 saturated carbocycles. The van der Waals surface area contributed by atoms with Crippen molar-refractivity contribution in [3.63, 3.8) is 0 Å². The number of aliphatic imine (C=N–C) groups is 1. The zero-order chi connectivity index (χ0) is 20.6. The molecule has 2 aromatic heterocycles. The van der Waals surface area contributed by atoms with Crippen molar-refractivity contribution >= 4 is 17.4 Å². The van der Waals surface area contributed by atoms with Crippen LogP contribution in [-0.2, 0) is 10.4 Å². The molecule has 0 saturated heterocycles. The Kier molecular flexibility index (Phi) is 5.02. The van der Waals surface area contributed by atoms with Crippen molar-refractivity contribution in [2.24, 2.45) is 4.99 Å². The third-order valence-corrected chi connectivity index (χ3v) is 5.41. The van der Waals surface area contributed by atoms with Gasteiger partial charge in [-0.05, 0) is 50.6 Å². The van der Waals surface area contributed by atoms with Crippen LogP contribution in [0.25, 0.3) is 5.69 Å². The number of pyridine rings is 1. The van der Waals surface area contributed by atoms with Gasteiger partial charge >= 0.3 is 0 Å². The Morgan fingerprint density at radius 1 is 1.21 bits per heavy atom. The van der Waals surface area contributed by atoms with Crippen LogP contribution in [0.3, 0.4) is 0 Å². The number of methoxy groups -OCH3 is 1. The molecule has 3 heterocycles. The standard InChI is InChI=1S/C21H22ClN5O2/c1-13-11-27(12-23-13)18-10-9-17(24-20(18)28-4)19-25-21(3,14(2)29-26-19)15-5-7-16(22)8-6-15/h5-12,14H,1-4H3,(H,25,26)/t14-,21+/m0/s1. The van der Waals surface area contributed by atoms with Crippen LogP contribution in [0.2, 0.25) is 5.02 Å². The summed E-state index contributed by atoms with van der Waals surface area (Å²) in [7, 11) is 1.59. The first-order valence-electron chi connectivity index (χ1n) is 9.24. The Labute approximate surface area is 174 Å². The van der Waals surface area contributed by atoms with E-state index in [1.165, 1.54) is 0 Å². The molecule has 0 spiro atoms. The molecule has 0 aliphatic carbocycles. The second-order valence-electron chi connectivity index (χ2n) is 7.12. The SMILES string of the molecule is COc1nc(C2=N[C@@](C)(c3ccc(Cl)cc3)[C@H](C)ON2)ccc1-n1cnc(C)c1. The van der Waals surface area contributed by atoms with Crippen LogP contribution in [0.4, 0.5) is 0 Å². The number of imidazole rings is 1. The molecule has 0 unspecified atom stereocenters. The second kappa shape index (κ2) is 7.50. The molecule has 150 valence electrons. The number of nitrogens with one attached hydrogen (secondary N) is 1. The fourth-order valence-corrected chi connectivity index (χ4v) is 3.39. The summed E-state index contributed by atoms with van der Waals surface area (Å²) in [4.78, 5) is 19.7. The average Bonchev–Trinajstić information content (AvgIpc) is 3.16. The number of aryl methyl sites for hydroxylation is 1. The van der Waals surface area contributed by atoms with E-state index in [-0.39, 0.29) is 6.10 Å². The number of benzene rings is 1. The summed E-state index contributed by atoms with van der Waals surface area (Å²) in [6, 6.07) is 11.4. The fourth-order valence-electron chi connectivity index (χ4n) is 3.27. The molecule has 1 aliphatic heterocycles. The van der Waals surface area contributed by atoms with Crippen molar-refractivity contribution in [2.45, 2.75) is 32.4 Å². The average molecular weight is 412 g/mol. The molecule has 0 radical (unpaired) electrons. The summed E-state index contributed by atoms with van der Waals surface area (Å²) in [6.45, 7) is 5.93. The number of rotatable bonds is 4. The molecule has 29 heavy (non-hydrogen) atoms. The van der Waals surface area contributed by atoms with E-state index < -0.39 is 5.54 Å². The Morgan fingerprint density at radius 3 is 2.62 bits per heavy atom. The Bertz CT molecular complexity index is 1060. The molecule has 1 aromatic carbocycles. The van der Waals surface area contributed by atoms with Crippen LogP contribution < -0.4 is 10.2 Å². The largest absolute Gasteiger partial charge is 0.479 e. The molecule has 0 fully saturated rings. The van der Waals surface area contributed by atoms with Gasteiger partial charge in [-0.3, -0.25) is 9.83 Å². The van der Waals surface area contributed by atoms with Crippen molar-refractivity contribution < 1.29 is 9.57 Å². The lowest BCUT2D eigenvalue weighted by Crippen LogP contribution is -2.47. The van der Waals surface area contributed by atoms with E-state index in [1.807, 2.05) is 67.9 Å². The van der Waals surface area contributed by atoms with E-state index in [0.717, 1.165) is 16.9 Å². The number of ether oxygens (including phenoxy) is 1. The minimum atomic E-state index is -0.597. The highest BCUT2D eigenvalue weighted by Gasteiger charge is 2.38. The van der Waals surface area contributed by atoms with Crippen LogP contribution >= 0.6 is 11.6 Å². The lowest BCUT2D eigenvalue weighted by Gasteiger charge is -2.36. The van der Waals surface area contributed by atoms with Crippen LogP contribution in [0, 0.1) is 6.92 Å². The normalized spacial score (nSPS) is 21.4. The highest BCUT2D eigenvalue weighted by atomic mass is 35.5. The summed E-state index contributed by atoms with van der Waals surface area (Å²) < 4.78 is 7.39. The van der Waals surface area contributed by atoms with Gasteiger partial charge in [-0.25, -0.2) is 15.4 Å². The van der Waals surface area contributed by atoms with Crippen molar-refractivity contribution in [1.29, 1.82) is 0 Å². The summed E-state index contributed by atoms with van der Waals surface area (Å²) in [5.41, 5.74) is 5.66. The van der Waals surface area contributed by atoms with Gasteiger partial charge < -0.3 is 9.30 Å². The van der Waals surface area contributed by atoms with E-state index in [1.54, 1.807) is 13.4 Å². The quantitative estimate of drug-likeness (QED) is 0.706. The zero-order valence-corrected chi connectivity index (χ0v) is 17.4. The maximum Gasteiger partial charge on any atom is 0.238 e. The van der Waals surface area contributed by atoms with Crippen molar-refractivity contribution in [1.82, 2.24) is 20.0 Å². The molecule has 7 nitrogen and oxygen atoms in total. The summed E-state index contributed by atoms with van der Waals surface area (Å²) >= 11 is 6.05. The number of hydroxylamine groups is 1. The first-order chi connectivity index (χ1) is 13.9. The van der Waals surface area contributed by atoms with Crippen LogP contribution in [0.1, 0.15) is 30.8 Å². The van der Waals surface area contributed by atoms with Crippen molar-refractivity contribution in [3.8, 4) is 11.6 Å². The van der Waals surface area contributed by atoms with E-state index >= 15 is 0 Å². The van der Waals surface area contributed by atoms with Gasteiger partial charge in [0.25, 0.3) is 0 Å². The van der Waals surface area contributed by atoms with Crippen molar-refractivity contribution in [2.75, 3.05) is 7.11 Å². The summed E-state index contributed by atoms with van der Waals surface area (Å²) in [6.07, 6.45) is 3.45. The highest BCUT2D eigenvalue weighted by Crippen LogP contribution is 2.34. The maximum absolute atomic E-state index is 6.05. The molecular weight excluding hydrogens is 390 g/mol. The van der Waals surface area contributed by atoms with Crippen LogP contribution in [-0.4, -0.2) is 33.6 Å². The first-order valence-corrected chi connectivity index (χ1v) is 9.62. The van der Waals surface area contributed by atoms with E-state index in [2.05, 4.69) is 15.4 Å². The van der Waals surface area contributed by atoms with E-state index in [0.29, 0.717) is 22.4 Å². The number of halogens is 1. The summed E-state index contributed by atoms with van der Waals surface area (Å²) in [5.74, 6) is 1.00. The van der Waals surface area contributed by atoms with E-state index in [9.17, 15) is 0 Å². The Balaban J connectivity index is 1.74. The van der Waals surface area contributed by atoms with Crippen molar-refractivity contribution in [3.05, 3.63) is 70.9 Å². The predicted molar refractivity (Wildman–Crippen MR) is 112 cm³/mol. The molecule has 1 N–H and O–H groups in total. The van der Waals surface area contributed by atoms with Gasteiger partial charge in [0.1, 0.15) is 23.0 Å². The number of hydrogen-bond donors (Lipinski definition) is 1. The molecule has 4 rings (SSSR count). The minimum absolute atomic E-state index is 0.192. The predicted octanol–water partition coefficient (Wildman–Crippen LogP) is 3.82. The number of aromatic nitrogens is 3. The monoisotopic (exact) mass is 411 g/mol. The van der Waals surface area contributed by atoms with Crippen LogP contribution in [0.5, 0.6) is 5.88 Å².